The van der Waals surface area contributed by atoms with Gasteiger partial charge in [0.05, 0.1) is 10.6 Å². The van der Waals surface area contributed by atoms with E-state index < -0.39 is 12.1 Å². The summed E-state index contributed by atoms with van der Waals surface area (Å²) in [6, 6.07) is 10.9. The summed E-state index contributed by atoms with van der Waals surface area (Å²) in [5.74, 6) is -1.91. The first-order valence-electron chi connectivity index (χ1n) is 6.38. The number of oxazole rings is 1. The number of benzene rings is 2. The van der Waals surface area contributed by atoms with E-state index in [1.165, 1.54) is 18.2 Å². The predicted octanol–water partition coefficient (Wildman–Crippen LogP) is 4.65. The zero-order valence-corrected chi connectivity index (χ0v) is 12.1. The summed E-state index contributed by atoms with van der Waals surface area (Å²) in [4.78, 5) is 15.2. The number of carbonyl (C=O) groups excluding carboxylic acids is 1. The van der Waals surface area contributed by atoms with E-state index in [9.17, 15) is 18.0 Å². The number of hydrogen-bond donors (Lipinski definition) is 1. The number of amides is 1. The second-order valence-corrected chi connectivity index (χ2v) is 5.04. The number of hydrogen-bond acceptors (Lipinski definition) is 3. The molecule has 0 unspecified atom stereocenters. The molecule has 0 bridgehead atoms. The van der Waals surface area contributed by atoms with Crippen LogP contribution >= 0.6 is 11.6 Å². The molecule has 0 radical (unpaired) electrons. The number of fused-ring (bicyclic) bond motifs is 1. The van der Waals surface area contributed by atoms with Gasteiger partial charge >= 0.3 is 12.1 Å². The van der Waals surface area contributed by atoms with E-state index in [1.807, 2.05) is 0 Å². The van der Waals surface area contributed by atoms with Crippen molar-refractivity contribution in [2.24, 2.45) is 0 Å². The molecule has 1 N–H and O–H groups in total. The molecule has 4 nitrogen and oxygen atoms in total. The maximum atomic E-state index is 12.3. The minimum atomic E-state index is -4.97. The normalized spacial score (nSPS) is 11.7. The molecule has 23 heavy (non-hydrogen) atoms. The van der Waals surface area contributed by atoms with Crippen molar-refractivity contribution in [3.8, 4) is 11.5 Å². The number of nitrogens with zero attached hydrogens (tertiary/aromatic N) is 1. The lowest BCUT2D eigenvalue weighted by molar-refractivity contribution is -0.167. The van der Waals surface area contributed by atoms with Gasteiger partial charge in [-0.15, -0.1) is 0 Å². The summed E-state index contributed by atoms with van der Waals surface area (Å²) in [6.45, 7) is 0. The molecule has 118 valence electrons. The molecule has 0 saturated carbocycles. The van der Waals surface area contributed by atoms with Crippen LogP contribution in [0.3, 0.4) is 0 Å². The molecule has 0 aliphatic carbocycles. The Hall–Kier alpha value is -2.54. The van der Waals surface area contributed by atoms with Crippen LogP contribution in [-0.2, 0) is 4.79 Å². The number of nitrogens with one attached hydrogen (secondary N) is 1. The standard InChI is InChI=1S/C15H8ClF3N2O2/c16-10-6-5-8(20-14(22)15(17,18)19)7-9(10)13-21-11-3-1-2-4-12(11)23-13/h1-7H,(H,20,22). The van der Waals surface area contributed by atoms with Crippen LogP contribution in [0.4, 0.5) is 18.9 Å². The van der Waals surface area contributed by atoms with Crippen LogP contribution in [0.2, 0.25) is 5.02 Å². The smallest absolute Gasteiger partial charge is 0.436 e. The fraction of sp³-hybridized carbons (Fsp3) is 0.0667. The third kappa shape index (κ3) is 3.14. The molecule has 1 amide bonds. The Bertz CT molecular complexity index is 857. The van der Waals surface area contributed by atoms with E-state index in [1.54, 1.807) is 29.6 Å². The van der Waals surface area contributed by atoms with E-state index in [4.69, 9.17) is 16.0 Å². The first-order chi connectivity index (χ1) is 10.8. The fourth-order valence-corrected chi connectivity index (χ4v) is 2.15. The van der Waals surface area contributed by atoms with Crippen LogP contribution in [-0.4, -0.2) is 17.1 Å². The summed E-state index contributed by atoms with van der Waals surface area (Å²) < 4.78 is 42.5. The summed E-state index contributed by atoms with van der Waals surface area (Å²) in [7, 11) is 0. The third-order valence-electron chi connectivity index (χ3n) is 3.01. The maximum absolute atomic E-state index is 12.3. The highest BCUT2D eigenvalue weighted by Crippen LogP contribution is 2.32. The molecule has 8 heteroatoms. The van der Waals surface area contributed by atoms with Crippen molar-refractivity contribution in [1.82, 2.24) is 4.98 Å². The third-order valence-corrected chi connectivity index (χ3v) is 3.34. The second kappa shape index (κ2) is 5.58. The zero-order valence-electron chi connectivity index (χ0n) is 11.3. The molecular formula is C15H8ClF3N2O2. The minimum absolute atomic E-state index is 0.0611. The van der Waals surface area contributed by atoms with E-state index >= 15 is 0 Å². The van der Waals surface area contributed by atoms with Gasteiger partial charge in [0.15, 0.2) is 5.58 Å². The molecule has 3 rings (SSSR count). The Balaban J connectivity index is 1.99. The van der Waals surface area contributed by atoms with Crippen LogP contribution in [0.1, 0.15) is 0 Å². The highest BCUT2D eigenvalue weighted by molar-refractivity contribution is 6.33. The predicted molar refractivity (Wildman–Crippen MR) is 79.1 cm³/mol. The topological polar surface area (TPSA) is 55.1 Å². The zero-order chi connectivity index (χ0) is 16.6. The van der Waals surface area contributed by atoms with Gasteiger partial charge in [-0.1, -0.05) is 23.7 Å². The summed E-state index contributed by atoms with van der Waals surface area (Å²) in [5.41, 5.74) is 1.32. The molecule has 0 aliphatic rings. The van der Waals surface area contributed by atoms with E-state index in [0.29, 0.717) is 11.1 Å². The number of alkyl halides is 3. The van der Waals surface area contributed by atoms with Gasteiger partial charge in [-0.25, -0.2) is 4.98 Å². The largest absolute Gasteiger partial charge is 0.471 e. The van der Waals surface area contributed by atoms with Crippen molar-refractivity contribution in [2.75, 3.05) is 5.32 Å². The quantitative estimate of drug-likeness (QED) is 0.738. The molecule has 2 aromatic carbocycles. The van der Waals surface area contributed by atoms with Crippen molar-refractivity contribution in [2.45, 2.75) is 6.18 Å². The molecule has 1 heterocycles. The van der Waals surface area contributed by atoms with Crippen LogP contribution in [0.25, 0.3) is 22.6 Å². The van der Waals surface area contributed by atoms with Crippen molar-refractivity contribution in [3.05, 3.63) is 47.5 Å². The summed E-state index contributed by atoms with van der Waals surface area (Å²) in [5, 5.41) is 2.00. The first-order valence-corrected chi connectivity index (χ1v) is 6.76. The van der Waals surface area contributed by atoms with E-state index in [0.717, 1.165) is 0 Å². The summed E-state index contributed by atoms with van der Waals surface area (Å²) >= 11 is 6.05. The lowest BCUT2D eigenvalue weighted by Crippen LogP contribution is -2.29. The van der Waals surface area contributed by atoms with Crippen molar-refractivity contribution < 1.29 is 22.4 Å². The number of carbonyl (C=O) groups is 1. The SMILES string of the molecule is O=C(Nc1ccc(Cl)c(-c2nc3ccccc3o2)c1)C(F)(F)F. The van der Waals surface area contributed by atoms with Crippen molar-refractivity contribution in [3.63, 3.8) is 0 Å². The van der Waals surface area contributed by atoms with Gasteiger partial charge in [-0.2, -0.15) is 13.2 Å². The van der Waals surface area contributed by atoms with Crippen molar-refractivity contribution >= 4 is 34.3 Å². The maximum Gasteiger partial charge on any atom is 0.471 e. The summed E-state index contributed by atoms with van der Waals surface area (Å²) in [6.07, 6.45) is -4.97. The number of para-hydroxylation sites is 2. The number of anilines is 1. The molecule has 0 saturated heterocycles. The highest BCUT2D eigenvalue weighted by Gasteiger charge is 2.38. The van der Waals surface area contributed by atoms with Crippen LogP contribution in [0.15, 0.2) is 46.9 Å². The Morgan fingerprint density at radius 3 is 2.61 bits per heavy atom. The fourth-order valence-electron chi connectivity index (χ4n) is 1.96. The van der Waals surface area contributed by atoms with Crippen LogP contribution < -0.4 is 5.32 Å². The second-order valence-electron chi connectivity index (χ2n) is 4.63. The number of aromatic nitrogens is 1. The molecule has 0 fully saturated rings. The molecule has 0 spiro atoms. The van der Waals surface area contributed by atoms with Crippen LogP contribution in [0.5, 0.6) is 0 Å². The van der Waals surface area contributed by atoms with Gasteiger partial charge in [0.25, 0.3) is 0 Å². The molecule has 0 aliphatic heterocycles. The lowest BCUT2D eigenvalue weighted by Gasteiger charge is -2.09. The number of halogens is 4. The van der Waals surface area contributed by atoms with Gasteiger partial charge in [0, 0.05) is 5.69 Å². The molecule has 0 atom stereocenters. The minimum Gasteiger partial charge on any atom is -0.436 e. The van der Waals surface area contributed by atoms with Crippen LogP contribution in [0, 0.1) is 0 Å². The average Bonchev–Trinajstić information content (AvgIpc) is 2.91. The van der Waals surface area contributed by atoms with Gasteiger partial charge in [0.2, 0.25) is 5.89 Å². The first kappa shape index (κ1) is 15.4. The Morgan fingerprint density at radius 2 is 1.91 bits per heavy atom. The molecule has 1 aromatic heterocycles. The van der Waals surface area contributed by atoms with E-state index in [2.05, 4.69) is 4.98 Å². The van der Waals surface area contributed by atoms with Gasteiger partial charge in [-0.05, 0) is 30.3 Å². The number of rotatable bonds is 2. The molecular weight excluding hydrogens is 333 g/mol. The van der Waals surface area contributed by atoms with Crippen molar-refractivity contribution in [1.29, 1.82) is 0 Å². The Labute approximate surface area is 132 Å². The Kier molecular flexibility index (Phi) is 3.73. The van der Waals surface area contributed by atoms with Gasteiger partial charge in [-0.3, -0.25) is 4.79 Å². The Morgan fingerprint density at radius 1 is 1.17 bits per heavy atom. The lowest BCUT2D eigenvalue weighted by atomic mass is 10.2. The average molecular weight is 341 g/mol. The van der Waals surface area contributed by atoms with Gasteiger partial charge in [0.1, 0.15) is 5.52 Å². The molecule has 3 aromatic rings. The monoisotopic (exact) mass is 340 g/mol. The van der Waals surface area contributed by atoms with E-state index in [-0.39, 0.29) is 22.2 Å². The highest BCUT2D eigenvalue weighted by atomic mass is 35.5. The van der Waals surface area contributed by atoms with Gasteiger partial charge < -0.3 is 9.73 Å².